The Morgan fingerprint density at radius 2 is 1.93 bits per heavy atom. The summed E-state index contributed by atoms with van der Waals surface area (Å²) in [5, 5.41) is 0. The maximum absolute atomic E-state index is 13.3. The summed E-state index contributed by atoms with van der Waals surface area (Å²) in [5.74, 6) is 0.498. The molecule has 3 heterocycles. The normalized spacial score (nSPS) is 10.9. The average molecular weight is 394 g/mol. The number of imidazole rings is 1. The number of nitrogens with zero attached hydrogens (tertiary/aromatic N) is 6. The first-order chi connectivity index (χ1) is 13.9. The molecule has 0 aliphatic carbocycles. The molecule has 8 heteroatoms. The van der Waals surface area contributed by atoms with E-state index in [1.54, 1.807) is 42.7 Å². The number of aryl methyl sites for hydroxylation is 3. The van der Waals surface area contributed by atoms with E-state index in [2.05, 4.69) is 15.0 Å². The number of aromatic nitrogens is 5. The average Bonchev–Trinajstić information content (AvgIpc) is 3.10. The van der Waals surface area contributed by atoms with Gasteiger partial charge in [0.25, 0.3) is 11.5 Å². The standard InChI is InChI=1S/C21H26N6O2/c1-5-8-26(14-18-22-7-10-25(18)4)20(28)19-15(2)6-9-27(21(19)29)13-17-12-23-16(3)11-24-17/h6-7,9-12H,5,8,13-14H2,1-4H3. The van der Waals surface area contributed by atoms with Gasteiger partial charge in [0.2, 0.25) is 0 Å². The SMILES string of the molecule is CCCN(Cc1nccn1C)C(=O)c1c(C)ccn(Cc2cnc(C)cn2)c1=O. The molecule has 0 fully saturated rings. The highest BCUT2D eigenvalue weighted by Crippen LogP contribution is 2.11. The smallest absolute Gasteiger partial charge is 0.264 e. The Labute approximate surface area is 169 Å². The molecule has 0 spiro atoms. The minimum absolute atomic E-state index is 0.190. The summed E-state index contributed by atoms with van der Waals surface area (Å²) >= 11 is 0. The molecule has 0 unspecified atom stereocenters. The molecule has 0 atom stereocenters. The lowest BCUT2D eigenvalue weighted by Crippen LogP contribution is -2.38. The Morgan fingerprint density at radius 1 is 1.14 bits per heavy atom. The molecule has 0 bridgehead atoms. The van der Waals surface area contributed by atoms with Crippen LogP contribution in [0, 0.1) is 13.8 Å². The van der Waals surface area contributed by atoms with Crippen molar-refractivity contribution in [2.75, 3.05) is 6.54 Å². The van der Waals surface area contributed by atoms with Crippen LogP contribution in [0.3, 0.4) is 0 Å². The summed E-state index contributed by atoms with van der Waals surface area (Å²) in [6, 6.07) is 1.79. The monoisotopic (exact) mass is 394 g/mol. The molecule has 0 aliphatic heterocycles. The van der Waals surface area contributed by atoms with Crippen LogP contribution in [0.25, 0.3) is 0 Å². The van der Waals surface area contributed by atoms with E-state index in [1.807, 2.05) is 31.7 Å². The molecular formula is C21H26N6O2. The highest BCUT2D eigenvalue weighted by Gasteiger charge is 2.23. The lowest BCUT2D eigenvalue weighted by molar-refractivity contribution is 0.0734. The van der Waals surface area contributed by atoms with Crippen molar-refractivity contribution in [3.8, 4) is 0 Å². The quantitative estimate of drug-likeness (QED) is 0.612. The van der Waals surface area contributed by atoms with Crippen molar-refractivity contribution in [3.05, 3.63) is 75.7 Å². The van der Waals surface area contributed by atoms with E-state index in [1.165, 1.54) is 4.57 Å². The zero-order valence-electron chi connectivity index (χ0n) is 17.3. The zero-order chi connectivity index (χ0) is 21.0. The topological polar surface area (TPSA) is 85.9 Å². The number of hydrogen-bond donors (Lipinski definition) is 0. The number of rotatable bonds is 7. The van der Waals surface area contributed by atoms with Gasteiger partial charge < -0.3 is 14.0 Å². The van der Waals surface area contributed by atoms with Gasteiger partial charge in [0, 0.05) is 38.4 Å². The predicted molar refractivity (Wildman–Crippen MR) is 110 cm³/mol. The summed E-state index contributed by atoms with van der Waals surface area (Å²) in [6.07, 6.45) is 9.33. The number of hydrogen-bond acceptors (Lipinski definition) is 5. The number of amides is 1. The Bertz CT molecular complexity index is 1050. The largest absolute Gasteiger partial charge is 0.337 e. The van der Waals surface area contributed by atoms with Gasteiger partial charge in [0.1, 0.15) is 11.4 Å². The van der Waals surface area contributed by atoms with Gasteiger partial charge >= 0.3 is 0 Å². The van der Waals surface area contributed by atoms with E-state index in [4.69, 9.17) is 0 Å². The molecule has 3 rings (SSSR count). The number of pyridine rings is 1. The lowest BCUT2D eigenvalue weighted by Gasteiger charge is -2.23. The fourth-order valence-corrected chi connectivity index (χ4v) is 3.13. The molecule has 0 aromatic carbocycles. The van der Waals surface area contributed by atoms with Gasteiger partial charge in [-0.2, -0.15) is 0 Å². The number of carbonyl (C=O) groups is 1. The molecule has 0 aliphatic rings. The van der Waals surface area contributed by atoms with Gasteiger partial charge in [-0.05, 0) is 31.9 Å². The van der Waals surface area contributed by atoms with Gasteiger partial charge in [-0.15, -0.1) is 0 Å². The third-order valence-electron chi connectivity index (χ3n) is 4.79. The van der Waals surface area contributed by atoms with Crippen LogP contribution in [0.15, 0.2) is 41.8 Å². The Morgan fingerprint density at radius 3 is 2.55 bits per heavy atom. The van der Waals surface area contributed by atoms with E-state index in [-0.39, 0.29) is 23.6 Å². The molecule has 0 saturated carbocycles. The Kier molecular flexibility index (Phi) is 6.21. The third-order valence-corrected chi connectivity index (χ3v) is 4.79. The van der Waals surface area contributed by atoms with Crippen molar-refractivity contribution >= 4 is 5.91 Å². The fraction of sp³-hybridized carbons (Fsp3) is 0.381. The van der Waals surface area contributed by atoms with E-state index >= 15 is 0 Å². The van der Waals surface area contributed by atoms with E-state index in [0.717, 1.165) is 17.9 Å². The maximum atomic E-state index is 13.3. The minimum Gasteiger partial charge on any atom is -0.337 e. The molecule has 1 amide bonds. The van der Waals surface area contributed by atoms with Gasteiger partial charge in [-0.25, -0.2) is 4.98 Å². The highest BCUT2D eigenvalue weighted by molar-refractivity contribution is 5.95. The molecule has 29 heavy (non-hydrogen) atoms. The summed E-state index contributed by atoms with van der Waals surface area (Å²) in [4.78, 5) is 41.0. The van der Waals surface area contributed by atoms with E-state index in [9.17, 15) is 9.59 Å². The first-order valence-corrected chi connectivity index (χ1v) is 9.63. The lowest BCUT2D eigenvalue weighted by atomic mass is 10.1. The van der Waals surface area contributed by atoms with Crippen molar-refractivity contribution in [1.29, 1.82) is 0 Å². The minimum atomic E-state index is -0.321. The van der Waals surface area contributed by atoms with Gasteiger partial charge in [-0.1, -0.05) is 6.92 Å². The van der Waals surface area contributed by atoms with Crippen LogP contribution in [0.5, 0.6) is 0 Å². The van der Waals surface area contributed by atoms with Crippen LogP contribution in [0.2, 0.25) is 0 Å². The van der Waals surface area contributed by atoms with Gasteiger partial charge in [0.05, 0.1) is 30.7 Å². The van der Waals surface area contributed by atoms with Crippen LogP contribution in [-0.2, 0) is 20.1 Å². The third kappa shape index (κ3) is 4.59. The summed E-state index contributed by atoms with van der Waals surface area (Å²) < 4.78 is 3.38. The van der Waals surface area contributed by atoms with Crippen molar-refractivity contribution < 1.29 is 4.79 Å². The molecule has 0 N–H and O–H groups in total. The second kappa shape index (κ2) is 8.81. The van der Waals surface area contributed by atoms with Crippen molar-refractivity contribution in [2.24, 2.45) is 7.05 Å². The Balaban J connectivity index is 1.93. The molecule has 152 valence electrons. The second-order valence-corrected chi connectivity index (χ2v) is 7.14. The Hall–Kier alpha value is -3.29. The van der Waals surface area contributed by atoms with Crippen LogP contribution >= 0.6 is 0 Å². The maximum Gasteiger partial charge on any atom is 0.264 e. The molecular weight excluding hydrogens is 368 g/mol. The van der Waals surface area contributed by atoms with E-state index < -0.39 is 0 Å². The molecule has 0 saturated heterocycles. The van der Waals surface area contributed by atoms with Crippen molar-refractivity contribution in [2.45, 2.75) is 40.3 Å². The van der Waals surface area contributed by atoms with Gasteiger partial charge in [0.15, 0.2) is 0 Å². The van der Waals surface area contributed by atoms with Gasteiger partial charge in [-0.3, -0.25) is 19.6 Å². The van der Waals surface area contributed by atoms with Crippen LogP contribution < -0.4 is 5.56 Å². The molecule has 8 nitrogen and oxygen atoms in total. The molecule has 3 aromatic heterocycles. The summed E-state index contributed by atoms with van der Waals surface area (Å²) in [7, 11) is 1.89. The van der Waals surface area contributed by atoms with Crippen LogP contribution in [0.4, 0.5) is 0 Å². The summed E-state index contributed by atoms with van der Waals surface area (Å²) in [5.41, 5.74) is 2.00. The van der Waals surface area contributed by atoms with Crippen LogP contribution in [-0.4, -0.2) is 41.4 Å². The van der Waals surface area contributed by atoms with Crippen LogP contribution in [0.1, 0.15) is 46.5 Å². The highest BCUT2D eigenvalue weighted by atomic mass is 16.2. The van der Waals surface area contributed by atoms with Crippen molar-refractivity contribution in [1.82, 2.24) is 29.0 Å². The number of carbonyl (C=O) groups excluding carboxylic acids is 1. The van der Waals surface area contributed by atoms with E-state index in [0.29, 0.717) is 24.3 Å². The molecule has 0 radical (unpaired) electrons. The zero-order valence-corrected chi connectivity index (χ0v) is 17.3. The molecule has 3 aromatic rings. The first kappa shape index (κ1) is 20.4. The first-order valence-electron chi connectivity index (χ1n) is 9.63. The van der Waals surface area contributed by atoms with Crippen molar-refractivity contribution in [3.63, 3.8) is 0 Å². The predicted octanol–water partition coefficient (Wildman–Crippen LogP) is 2.09. The second-order valence-electron chi connectivity index (χ2n) is 7.14. The summed E-state index contributed by atoms with van der Waals surface area (Å²) in [6.45, 7) is 6.81. The fourth-order valence-electron chi connectivity index (χ4n) is 3.13.